The van der Waals surface area contributed by atoms with Gasteiger partial charge >= 0.3 is 0 Å². The molecule has 0 nitrogen and oxygen atoms in total. The Morgan fingerprint density at radius 3 is 1.79 bits per heavy atom. The van der Waals surface area contributed by atoms with E-state index in [1.54, 1.807) is 65.8 Å². The molecule has 0 amide bonds. The van der Waals surface area contributed by atoms with E-state index >= 15 is 0 Å². The van der Waals surface area contributed by atoms with Crippen molar-refractivity contribution in [1.29, 1.82) is 0 Å². The Balaban J connectivity index is 1.25. The lowest BCUT2D eigenvalue weighted by Gasteiger charge is -2.59. The zero-order chi connectivity index (χ0) is 50.9. The zero-order valence-corrected chi connectivity index (χ0v) is 48.4. The van der Waals surface area contributed by atoms with Gasteiger partial charge < -0.3 is 0 Å². The van der Waals surface area contributed by atoms with Gasteiger partial charge in [0.25, 0.3) is 6.71 Å². The van der Waals surface area contributed by atoms with E-state index in [-0.39, 0.29) is 50.5 Å². The maximum absolute atomic E-state index is 2.87. The number of fused-ring (bicyclic) bond motifs is 8. The van der Waals surface area contributed by atoms with Gasteiger partial charge in [-0.1, -0.05) is 187 Å². The van der Waals surface area contributed by atoms with Crippen LogP contribution in [0.3, 0.4) is 0 Å². The Kier molecular flexibility index (Phi) is 11.2. The van der Waals surface area contributed by atoms with E-state index in [1.807, 2.05) is 0 Å². The number of benzene rings is 5. The van der Waals surface area contributed by atoms with Crippen LogP contribution in [-0.4, -0.2) is 6.71 Å². The van der Waals surface area contributed by atoms with Gasteiger partial charge in [0.05, 0.1) is 0 Å². The predicted octanol–water partition coefficient (Wildman–Crippen LogP) is 17.1. The third kappa shape index (κ3) is 7.22. The van der Waals surface area contributed by atoms with Crippen LogP contribution in [0.25, 0.3) is 10.1 Å². The van der Waals surface area contributed by atoms with Gasteiger partial charge in [-0.15, -0.1) is 11.3 Å². The highest BCUT2D eigenvalue weighted by atomic mass is 32.1. The first kappa shape index (κ1) is 49.3. The molecule has 3 heterocycles. The summed E-state index contributed by atoms with van der Waals surface area (Å²) in [7, 11) is 0. The molecule has 5 aliphatic rings. The molecule has 6 unspecified atom stereocenters. The fourth-order valence-electron chi connectivity index (χ4n) is 16.7. The van der Waals surface area contributed by atoms with E-state index in [2.05, 4.69) is 203 Å². The van der Waals surface area contributed by atoms with Gasteiger partial charge in [0.15, 0.2) is 0 Å². The first-order chi connectivity index (χ1) is 33.1. The molecule has 0 N–H and O–H groups in total. The molecule has 5 aromatic carbocycles. The number of hydrogen-bond donors (Lipinski definition) is 0. The minimum atomic E-state index is 0.0468. The summed E-state index contributed by atoms with van der Waals surface area (Å²) in [4.78, 5) is 0. The van der Waals surface area contributed by atoms with Crippen molar-refractivity contribution in [2.45, 2.75) is 228 Å². The van der Waals surface area contributed by atoms with Crippen molar-refractivity contribution < 1.29 is 0 Å². The fraction of sp³-hybridized carbons (Fsp3) is 0.536. The van der Waals surface area contributed by atoms with Crippen LogP contribution < -0.4 is 15.7 Å². The zero-order valence-electron chi connectivity index (χ0n) is 47.6. The fourth-order valence-corrected chi connectivity index (χ4v) is 18.0. The largest absolute Gasteiger partial charge is 0.255 e. The molecule has 6 atom stereocenters. The molecule has 1 aromatic heterocycles. The smallest absolute Gasteiger partial charge is 0.149 e. The number of rotatable bonds is 4. The highest BCUT2D eigenvalue weighted by Crippen LogP contribution is 2.64. The molecule has 0 radical (unpaired) electrons. The van der Waals surface area contributed by atoms with Crippen molar-refractivity contribution in [2.24, 2.45) is 10.8 Å². The second-order valence-electron chi connectivity index (χ2n) is 28.8. The van der Waals surface area contributed by atoms with E-state index in [0.717, 1.165) is 6.42 Å². The van der Waals surface area contributed by atoms with E-state index in [4.69, 9.17) is 0 Å². The van der Waals surface area contributed by atoms with Crippen LogP contribution in [0, 0.1) is 45.4 Å². The molecule has 2 heteroatoms. The Bertz CT molecular complexity index is 3160. The SMILES string of the molecule is Cc1ccc(C(C)(C)C)cc1C1(C)CCCCC1(C)Cc1cc2c3c(c1)C(c1c(C)cc(C(C)(C)C)cc1C)c1c(sc4ccc(C(C)(C)C)cc14)B3c1c(C)cc(C)c3c1C2CC1(C)CCCCC31C. The standard InChI is InChI=1S/C69H87BS/c1-40-23-24-47(64(9,10)11)37-53(40)68(17)29-21-19-27-66(68,15)38-45-34-49-52-39-67(16)28-20-22-30-69(67,18)59-43(4)31-44(5)60(58(52)59)70-61(49)51(35-45)56(55-41(2)32-48(33-42(55)3)65(12,13)14)57-50-36-46(63(6,7)8)25-26-54(50)71-62(57)70/h23-26,31-37,52,56H,19-22,27-30,38-39H2,1-18H3. The van der Waals surface area contributed by atoms with E-state index in [9.17, 15) is 0 Å². The van der Waals surface area contributed by atoms with Gasteiger partial charge in [0.2, 0.25) is 0 Å². The molecule has 6 aromatic rings. The minimum Gasteiger partial charge on any atom is -0.149 e. The molecular weight excluding hydrogens is 872 g/mol. The van der Waals surface area contributed by atoms with Gasteiger partial charge in [-0.05, 0) is 217 Å². The van der Waals surface area contributed by atoms with Crippen molar-refractivity contribution in [2.75, 3.05) is 0 Å². The highest BCUT2D eigenvalue weighted by molar-refractivity contribution is 7.32. The molecule has 372 valence electrons. The molecule has 0 spiro atoms. The van der Waals surface area contributed by atoms with Crippen molar-refractivity contribution in [1.82, 2.24) is 0 Å². The highest BCUT2D eigenvalue weighted by Gasteiger charge is 2.58. The van der Waals surface area contributed by atoms with Crippen LogP contribution in [0.2, 0.25) is 0 Å². The van der Waals surface area contributed by atoms with Gasteiger partial charge in [-0.25, -0.2) is 0 Å². The maximum atomic E-state index is 2.87. The summed E-state index contributed by atoms with van der Waals surface area (Å²) in [6, 6.07) is 28.6. The van der Waals surface area contributed by atoms with Crippen molar-refractivity contribution in [3.05, 3.63) is 156 Å². The van der Waals surface area contributed by atoms with Gasteiger partial charge in [0.1, 0.15) is 0 Å². The van der Waals surface area contributed by atoms with Gasteiger partial charge in [-0.2, -0.15) is 0 Å². The third-order valence-corrected chi connectivity index (χ3v) is 22.4. The van der Waals surface area contributed by atoms with Crippen LogP contribution in [0.1, 0.15) is 249 Å². The van der Waals surface area contributed by atoms with Crippen LogP contribution in [-0.2, 0) is 33.5 Å². The summed E-state index contributed by atoms with van der Waals surface area (Å²) in [6.45, 7) is 44.9. The lowest BCUT2D eigenvalue weighted by Crippen LogP contribution is -2.65. The summed E-state index contributed by atoms with van der Waals surface area (Å²) >= 11 is 2.14. The lowest BCUT2D eigenvalue weighted by atomic mass is 9.29. The minimum absolute atomic E-state index is 0.0468. The average Bonchev–Trinajstić information content (AvgIpc) is 3.65. The Morgan fingerprint density at radius 2 is 1.13 bits per heavy atom. The van der Waals surface area contributed by atoms with Crippen LogP contribution in [0.5, 0.6) is 0 Å². The van der Waals surface area contributed by atoms with Crippen LogP contribution in [0.4, 0.5) is 0 Å². The van der Waals surface area contributed by atoms with Gasteiger partial charge in [0, 0.05) is 16.5 Å². The lowest BCUT2D eigenvalue weighted by molar-refractivity contribution is 0.0597. The Labute approximate surface area is 435 Å². The maximum Gasteiger partial charge on any atom is 0.255 e. The Morgan fingerprint density at radius 1 is 0.535 bits per heavy atom. The molecule has 3 aliphatic carbocycles. The molecule has 0 bridgehead atoms. The van der Waals surface area contributed by atoms with E-state index in [0.29, 0.717) is 5.92 Å². The molecule has 2 aliphatic heterocycles. The summed E-state index contributed by atoms with van der Waals surface area (Å²) < 4.78 is 3.07. The van der Waals surface area contributed by atoms with Crippen molar-refractivity contribution in [3.63, 3.8) is 0 Å². The summed E-state index contributed by atoms with van der Waals surface area (Å²) in [5.74, 6) is 0.542. The van der Waals surface area contributed by atoms with Crippen molar-refractivity contribution in [3.8, 4) is 0 Å². The normalized spacial score (nSPS) is 27.0. The molecule has 2 saturated carbocycles. The quantitative estimate of drug-likeness (QED) is 0.154. The summed E-state index contributed by atoms with van der Waals surface area (Å²) in [6.07, 6.45) is 12.8. The molecular formula is C69H87BS. The Hall–Kier alpha value is -3.88. The number of hydrogen-bond acceptors (Lipinski definition) is 1. The first-order valence-electron chi connectivity index (χ1n) is 28.2. The van der Waals surface area contributed by atoms with Crippen LogP contribution >= 0.6 is 11.3 Å². The topological polar surface area (TPSA) is 0 Å². The molecule has 2 fully saturated rings. The van der Waals surface area contributed by atoms with Crippen LogP contribution in [0.15, 0.2) is 66.7 Å². The average molecular weight is 959 g/mol. The summed E-state index contributed by atoms with van der Waals surface area (Å²) in [5, 5.41) is 1.49. The van der Waals surface area contributed by atoms with Gasteiger partial charge in [-0.3, -0.25) is 0 Å². The third-order valence-electron chi connectivity index (χ3n) is 21.1. The first-order valence-corrected chi connectivity index (χ1v) is 29.0. The molecule has 71 heavy (non-hydrogen) atoms. The van der Waals surface area contributed by atoms with E-state index < -0.39 is 0 Å². The molecule has 11 rings (SSSR count). The monoisotopic (exact) mass is 959 g/mol. The number of aryl methyl sites for hydroxylation is 5. The second-order valence-corrected chi connectivity index (χ2v) is 29.9. The summed E-state index contributed by atoms with van der Waals surface area (Å²) in [5.41, 5.74) is 29.0. The second kappa shape index (κ2) is 16.1. The van der Waals surface area contributed by atoms with Crippen molar-refractivity contribution >= 4 is 43.8 Å². The van der Waals surface area contributed by atoms with E-state index in [1.165, 1.54) is 107 Å². The molecule has 0 saturated heterocycles. The predicted molar refractivity (Wildman–Crippen MR) is 311 cm³/mol. The number of thiophene rings is 1.